The van der Waals surface area contributed by atoms with Crippen LogP contribution in [0.3, 0.4) is 0 Å². The van der Waals surface area contributed by atoms with Crippen LogP contribution < -0.4 is 4.90 Å². The van der Waals surface area contributed by atoms with Gasteiger partial charge in [0.15, 0.2) is 0 Å². The molecule has 0 radical (unpaired) electrons. The molecule has 0 spiro atoms. The lowest BCUT2D eigenvalue weighted by atomic mass is 9.93. The van der Waals surface area contributed by atoms with Crippen molar-refractivity contribution in [1.82, 2.24) is 0 Å². The highest BCUT2D eigenvalue weighted by atomic mass is 16.6. The molecule has 1 atom stereocenters. The molecule has 86 valence electrons. The van der Waals surface area contributed by atoms with Crippen LogP contribution in [0.4, 0.5) is 5.69 Å². The lowest BCUT2D eigenvalue weighted by Gasteiger charge is -2.24. The number of rotatable bonds is 2. The number of anilines is 1. The Bertz CT molecular complexity index is 397. The summed E-state index contributed by atoms with van der Waals surface area (Å²) < 4.78 is 5.38. The molecule has 2 rings (SSSR count). The maximum atomic E-state index is 11.2. The van der Waals surface area contributed by atoms with Crippen LogP contribution in [0.15, 0.2) is 24.3 Å². The highest BCUT2D eigenvalue weighted by Crippen LogP contribution is 2.36. The van der Waals surface area contributed by atoms with Gasteiger partial charge in [0, 0.05) is 32.6 Å². The van der Waals surface area contributed by atoms with Gasteiger partial charge < -0.3 is 9.64 Å². The summed E-state index contributed by atoms with van der Waals surface area (Å²) >= 11 is 0. The summed E-state index contributed by atoms with van der Waals surface area (Å²) in [5, 5.41) is 0. The van der Waals surface area contributed by atoms with Gasteiger partial charge in [-0.2, -0.15) is 0 Å². The molecular formula is C13H17NO2. The Kier molecular flexibility index (Phi) is 2.62. The number of esters is 1. The fourth-order valence-corrected chi connectivity index (χ4v) is 2.01. The van der Waals surface area contributed by atoms with Gasteiger partial charge >= 0.3 is 5.97 Å². The SMILES string of the molecule is CN(C)c1ccc(C2(C)CCC(=O)O2)cc1. The maximum absolute atomic E-state index is 11.2. The second kappa shape index (κ2) is 3.81. The van der Waals surface area contributed by atoms with E-state index in [1.165, 1.54) is 0 Å². The predicted molar refractivity (Wildman–Crippen MR) is 63.4 cm³/mol. The van der Waals surface area contributed by atoms with E-state index in [0.29, 0.717) is 6.42 Å². The van der Waals surface area contributed by atoms with Crippen LogP contribution >= 0.6 is 0 Å². The lowest BCUT2D eigenvalue weighted by Crippen LogP contribution is -2.21. The van der Waals surface area contributed by atoms with Gasteiger partial charge in [-0.05, 0) is 24.6 Å². The van der Waals surface area contributed by atoms with Crippen LogP contribution in [0.2, 0.25) is 0 Å². The van der Waals surface area contributed by atoms with Crippen LogP contribution in [0.25, 0.3) is 0 Å². The van der Waals surface area contributed by atoms with Crippen LogP contribution in [0.1, 0.15) is 25.3 Å². The van der Waals surface area contributed by atoms with Crippen LogP contribution in [-0.4, -0.2) is 20.1 Å². The topological polar surface area (TPSA) is 29.5 Å². The van der Waals surface area contributed by atoms with E-state index in [1.54, 1.807) is 0 Å². The molecule has 1 saturated heterocycles. The van der Waals surface area contributed by atoms with Gasteiger partial charge in [0.1, 0.15) is 5.60 Å². The van der Waals surface area contributed by atoms with Crippen molar-refractivity contribution in [2.45, 2.75) is 25.4 Å². The van der Waals surface area contributed by atoms with Gasteiger partial charge in [0.2, 0.25) is 0 Å². The van der Waals surface area contributed by atoms with Crippen molar-refractivity contribution < 1.29 is 9.53 Å². The van der Waals surface area contributed by atoms with Crippen molar-refractivity contribution in [3.8, 4) is 0 Å². The van der Waals surface area contributed by atoms with Gasteiger partial charge in [0.05, 0.1) is 0 Å². The number of benzene rings is 1. The molecule has 0 N–H and O–H groups in total. The molecule has 1 unspecified atom stereocenters. The Morgan fingerprint density at radius 3 is 2.31 bits per heavy atom. The van der Waals surface area contributed by atoms with Crippen molar-refractivity contribution in [3.63, 3.8) is 0 Å². The zero-order valence-corrected chi connectivity index (χ0v) is 9.99. The molecule has 0 saturated carbocycles. The standard InChI is InChI=1S/C13H17NO2/c1-13(9-8-12(15)16-13)10-4-6-11(7-5-10)14(2)3/h4-7H,8-9H2,1-3H3. The van der Waals surface area contributed by atoms with E-state index in [4.69, 9.17) is 4.74 Å². The van der Waals surface area contributed by atoms with Crippen molar-refractivity contribution in [3.05, 3.63) is 29.8 Å². The highest BCUT2D eigenvalue weighted by molar-refractivity contribution is 5.72. The summed E-state index contributed by atoms with van der Waals surface area (Å²) in [5.74, 6) is -0.0980. The zero-order chi connectivity index (χ0) is 11.8. The molecule has 16 heavy (non-hydrogen) atoms. The summed E-state index contributed by atoms with van der Waals surface area (Å²) in [6.07, 6.45) is 1.29. The number of carbonyl (C=O) groups excluding carboxylic acids is 1. The minimum atomic E-state index is -0.429. The van der Waals surface area contributed by atoms with Gasteiger partial charge in [-0.25, -0.2) is 0 Å². The minimum Gasteiger partial charge on any atom is -0.454 e. The minimum absolute atomic E-state index is 0.0980. The summed E-state index contributed by atoms with van der Waals surface area (Å²) in [7, 11) is 4.01. The fraction of sp³-hybridized carbons (Fsp3) is 0.462. The molecule has 1 aliphatic heterocycles. The number of carbonyl (C=O) groups is 1. The third kappa shape index (κ3) is 1.90. The Morgan fingerprint density at radius 2 is 1.88 bits per heavy atom. The van der Waals surface area contributed by atoms with E-state index in [1.807, 2.05) is 50.2 Å². The molecule has 0 aliphatic carbocycles. The van der Waals surface area contributed by atoms with E-state index < -0.39 is 5.60 Å². The van der Waals surface area contributed by atoms with E-state index in [0.717, 1.165) is 17.7 Å². The highest BCUT2D eigenvalue weighted by Gasteiger charge is 2.37. The molecule has 1 aliphatic rings. The first-order valence-electron chi connectivity index (χ1n) is 5.51. The molecule has 0 bridgehead atoms. The van der Waals surface area contributed by atoms with Crippen molar-refractivity contribution >= 4 is 11.7 Å². The predicted octanol–water partition coefficient (Wildman–Crippen LogP) is 2.30. The normalized spacial score (nSPS) is 24.3. The largest absolute Gasteiger partial charge is 0.454 e. The van der Waals surface area contributed by atoms with E-state index in [9.17, 15) is 4.79 Å². The lowest BCUT2D eigenvalue weighted by molar-refractivity contribution is -0.147. The molecule has 3 heteroatoms. The Balaban J connectivity index is 2.25. The van der Waals surface area contributed by atoms with Crippen LogP contribution in [0, 0.1) is 0 Å². The molecule has 1 heterocycles. The van der Waals surface area contributed by atoms with E-state index >= 15 is 0 Å². The Hall–Kier alpha value is -1.51. The van der Waals surface area contributed by atoms with E-state index in [2.05, 4.69) is 0 Å². The average molecular weight is 219 g/mol. The quantitative estimate of drug-likeness (QED) is 0.715. The van der Waals surface area contributed by atoms with E-state index in [-0.39, 0.29) is 5.97 Å². The van der Waals surface area contributed by atoms with Gasteiger partial charge in [-0.3, -0.25) is 4.79 Å². The molecular weight excluding hydrogens is 202 g/mol. The van der Waals surface area contributed by atoms with Gasteiger partial charge in [-0.1, -0.05) is 12.1 Å². The summed E-state index contributed by atoms with van der Waals surface area (Å²) in [5.41, 5.74) is 1.79. The monoisotopic (exact) mass is 219 g/mol. The Morgan fingerprint density at radius 1 is 1.25 bits per heavy atom. The first kappa shape index (κ1) is 11.0. The second-order valence-electron chi connectivity index (χ2n) is 4.65. The summed E-state index contributed by atoms with van der Waals surface area (Å²) in [4.78, 5) is 13.2. The zero-order valence-electron chi connectivity index (χ0n) is 9.99. The number of hydrogen-bond acceptors (Lipinski definition) is 3. The molecule has 1 fully saturated rings. The van der Waals surface area contributed by atoms with Crippen molar-refractivity contribution in [2.24, 2.45) is 0 Å². The van der Waals surface area contributed by atoms with Crippen LogP contribution in [0.5, 0.6) is 0 Å². The van der Waals surface area contributed by atoms with Crippen LogP contribution in [-0.2, 0) is 15.1 Å². The van der Waals surface area contributed by atoms with Gasteiger partial charge in [-0.15, -0.1) is 0 Å². The third-order valence-corrected chi connectivity index (χ3v) is 3.14. The number of ether oxygens (including phenoxy) is 1. The molecule has 0 aromatic heterocycles. The number of nitrogens with zero attached hydrogens (tertiary/aromatic N) is 1. The maximum Gasteiger partial charge on any atom is 0.306 e. The third-order valence-electron chi connectivity index (χ3n) is 3.14. The first-order chi connectivity index (χ1) is 7.51. The van der Waals surface area contributed by atoms with Crippen molar-refractivity contribution in [1.29, 1.82) is 0 Å². The summed E-state index contributed by atoms with van der Waals surface area (Å²) in [6.45, 7) is 1.97. The van der Waals surface area contributed by atoms with Gasteiger partial charge in [0.25, 0.3) is 0 Å². The number of hydrogen-bond donors (Lipinski definition) is 0. The molecule has 1 aromatic rings. The van der Waals surface area contributed by atoms with Crippen molar-refractivity contribution in [2.75, 3.05) is 19.0 Å². The summed E-state index contributed by atoms with van der Waals surface area (Å²) in [6, 6.07) is 8.17. The second-order valence-corrected chi connectivity index (χ2v) is 4.65. The smallest absolute Gasteiger partial charge is 0.306 e. The molecule has 1 aromatic carbocycles. The Labute approximate surface area is 96.0 Å². The first-order valence-corrected chi connectivity index (χ1v) is 5.51. The molecule has 3 nitrogen and oxygen atoms in total. The molecule has 0 amide bonds. The average Bonchev–Trinajstić information content (AvgIpc) is 2.60. The number of cyclic esters (lactones) is 1. The fourth-order valence-electron chi connectivity index (χ4n) is 2.01.